The Balaban J connectivity index is 2.55. The van der Waals surface area contributed by atoms with Crippen molar-refractivity contribution < 1.29 is 13.9 Å². The van der Waals surface area contributed by atoms with Gasteiger partial charge in [0.1, 0.15) is 17.4 Å². The van der Waals surface area contributed by atoms with E-state index in [2.05, 4.69) is 4.98 Å². The number of rotatable bonds is 3. The second-order valence-corrected chi connectivity index (χ2v) is 3.72. The number of anilines is 1. The van der Waals surface area contributed by atoms with Crippen LogP contribution in [-0.2, 0) is 0 Å². The molecule has 0 unspecified atom stereocenters. The summed E-state index contributed by atoms with van der Waals surface area (Å²) in [7, 11) is 1.43. The number of aromatic nitrogens is 1. The number of nitrogens with two attached hydrogens (primary N) is 2. The highest BCUT2D eigenvalue weighted by Crippen LogP contribution is 2.31. The Hall–Kier alpha value is -2.50. The third-order valence-electron chi connectivity index (χ3n) is 2.57. The van der Waals surface area contributed by atoms with Gasteiger partial charge in [0.25, 0.3) is 5.91 Å². The Bertz CT molecular complexity index is 607. The number of carbonyl (C=O) groups is 1. The highest BCUT2D eigenvalue weighted by molar-refractivity contribution is 5.99. The molecule has 0 fully saturated rings. The Morgan fingerprint density at radius 3 is 2.67 bits per heavy atom. The molecular weight excluding hydrogens is 237 g/mol. The summed E-state index contributed by atoms with van der Waals surface area (Å²) < 4.78 is 18.1. The van der Waals surface area contributed by atoms with Crippen LogP contribution in [0.25, 0.3) is 11.3 Å². The van der Waals surface area contributed by atoms with Gasteiger partial charge >= 0.3 is 0 Å². The van der Waals surface area contributed by atoms with Crippen LogP contribution in [0.1, 0.15) is 10.4 Å². The maximum Gasteiger partial charge on any atom is 0.252 e. The van der Waals surface area contributed by atoms with E-state index in [1.54, 1.807) is 0 Å². The zero-order chi connectivity index (χ0) is 13.3. The molecule has 94 valence electrons. The number of primary amides is 1. The predicted molar refractivity (Wildman–Crippen MR) is 65.7 cm³/mol. The average Bonchev–Trinajstić information content (AvgIpc) is 2.71. The molecule has 1 aromatic carbocycles. The maximum absolute atomic E-state index is 13.1. The highest BCUT2D eigenvalue weighted by Gasteiger charge is 2.14. The van der Waals surface area contributed by atoms with Gasteiger partial charge in [0.15, 0.2) is 0 Å². The molecule has 1 heterocycles. The average molecular weight is 249 g/mol. The largest absolute Gasteiger partial charge is 0.496 e. The van der Waals surface area contributed by atoms with Crippen LogP contribution >= 0.6 is 0 Å². The van der Waals surface area contributed by atoms with Crippen molar-refractivity contribution in [3.63, 3.8) is 0 Å². The first-order valence-electron chi connectivity index (χ1n) is 5.15. The van der Waals surface area contributed by atoms with E-state index in [1.165, 1.54) is 31.4 Å². The lowest BCUT2D eigenvalue weighted by Gasteiger charge is -2.06. The lowest BCUT2D eigenvalue weighted by molar-refractivity contribution is 0.100. The molecule has 1 amide bonds. The van der Waals surface area contributed by atoms with Crippen molar-refractivity contribution in [2.24, 2.45) is 5.73 Å². The zero-order valence-corrected chi connectivity index (χ0v) is 9.66. The predicted octanol–water partition coefficient (Wildman–Crippen LogP) is 1.51. The molecule has 0 atom stereocenters. The molecule has 0 bridgehead atoms. The standard InChI is InChI=1S/C12H12FN3O2/c1-18-10-4-6(13)2-3-7(10)9-5-8(12(15)17)11(14)16-9/h2-5,16H,14H2,1H3,(H2,15,17). The summed E-state index contributed by atoms with van der Waals surface area (Å²) in [6.45, 7) is 0. The quantitative estimate of drug-likeness (QED) is 0.769. The fraction of sp³-hybridized carbons (Fsp3) is 0.0833. The Morgan fingerprint density at radius 2 is 2.11 bits per heavy atom. The van der Waals surface area contributed by atoms with Crippen molar-refractivity contribution in [1.29, 1.82) is 0 Å². The van der Waals surface area contributed by atoms with Gasteiger partial charge in [0.2, 0.25) is 0 Å². The summed E-state index contributed by atoms with van der Waals surface area (Å²) in [6.07, 6.45) is 0. The topological polar surface area (TPSA) is 94.1 Å². The molecule has 0 aliphatic carbocycles. The van der Waals surface area contributed by atoms with Crippen LogP contribution in [-0.4, -0.2) is 18.0 Å². The lowest BCUT2D eigenvalue weighted by atomic mass is 10.1. The maximum atomic E-state index is 13.1. The van der Waals surface area contributed by atoms with Gasteiger partial charge in [-0.05, 0) is 18.2 Å². The number of nitrogen functional groups attached to an aromatic ring is 1. The SMILES string of the molecule is COc1cc(F)ccc1-c1cc(C(N)=O)c(N)[nH]1. The minimum atomic E-state index is -0.629. The summed E-state index contributed by atoms with van der Waals surface area (Å²) in [6, 6.07) is 5.58. The molecule has 0 aliphatic rings. The van der Waals surface area contributed by atoms with Crippen LogP contribution in [0.4, 0.5) is 10.2 Å². The number of halogens is 1. The second-order valence-electron chi connectivity index (χ2n) is 3.72. The number of H-pyrrole nitrogens is 1. The van der Waals surface area contributed by atoms with Crippen LogP contribution in [0.3, 0.4) is 0 Å². The molecule has 1 aromatic heterocycles. The van der Waals surface area contributed by atoms with Crippen LogP contribution < -0.4 is 16.2 Å². The molecule has 0 saturated heterocycles. The van der Waals surface area contributed by atoms with E-state index in [1.807, 2.05) is 0 Å². The monoisotopic (exact) mass is 249 g/mol. The van der Waals surface area contributed by atoms with Gasteiger partial charge in [0, 0.05) is 11.6 Å². The normalized spacial score (nSPS) is 10.3. The molecule has 2 rings (SSSR count). The van der Waals surface area contributed by atoms with E-state index in [4.69, 9.17) is 16.2 Å². The van der Waals surface area contributed by atoms with Gasteiger partial charge in [-0.3, -0.25) is 4.79 Å². The lowest BCUT2D eigenvalue weighted by Crippen LogP contribution is -2.11. The van der Waals surface area contributed by atoms with E-state index < -0.39 is 11.7 Å². The summed E-state index contributed by atoms with van der Waals surface area (Å²) in [5.74, 6) is -0.530. The fourth-order valence-electron chi connectivity index (χ4n) is 1.71. The molecule has 0 saturated carbocycles. The smallest absolute Gasteiger partial charge is 0.252 e. The molecule has 5 nitrogen and oxygen atoms in total. The van der Waals surface area contributed by atoms with E-state index in [0.29, 0.717) is 17.0 Å². The molecule has 0 aliphatic heterocycles. The number of nitrogens with one attached hydrogen (secondary N) is 1. The number of hydrogen-bond acceptors (Lipinski definition) is 3. The van der Waals surface area contributed by atoms with Gasteiger partial charge in [-0.2, -0.15) is 0 Å². The van der Waals surface area contributed by atoms with Crippen molar-refractivity contribution in [1.82, 2.24) is 4.98 Å². The van der Waals surface area contributed by atoms with Crippen molar-refractivity contribution in [3.8, 4) is 17.0 Å². The third kappa shape index (κ3) is 2.00. The van der Waals surface area contributed by atoms with Crippen LogP contribution in [0.2, 0.25) is 0 Å². The first kappa shape index (κ1) is 12.0. The van der Waals surface area contributed by atoms with Gasteiger partial charge in [0.05, 0.1) is 18.4 Å². The van der Waals surface area contributed by atoms with Crippen molar-refractivity contribution in [3.05, 3.63) is 35.6 Å². The molecule has 18 heavy (non-hydrogen) atoms. The van der Waals surface area contributed by atoms with Crippen LogP contribution in [0.5, 0.6) is 5.75 Å². The van der Waals surface area contributed by atoms with Crippen molar-refractivity contribution in [2.75, 3.05) is 12.8 Å². The number of ether oxygens (including phenoxy) is 1. The highest BCUT2D eigenvalue weighted by atomic mass is 19.1. The van der Waals surface area contributed by atoms with Gasteiger partial charge in [-0.15, -0.1) is 0 Å². The summed E-state index contributed by atoms with van der Waals surface area (Å²) >= 11 is 0. The number of hydrogen-bond donors (Lipinski definition) is 3. The number of benzene rings is 1. The molecule has 5 N–H and O–H groups in total. The number of carbonyl (C=O) groups excluding carboxylic acids is 1. The van der Waals surface area contributed by atoms with Crippen molar-refractivity contribution >= 4 is 11.7 Å². The van der Waals surface area contributed by atoms with Crippen LogP contribution in [0, 0.1) is 5.82 Å². The van der Waals surface area contributed by atoms with E-state index in [9.17, 15) is 9.18 Å². The minimum absolute atomic E-state index is 0.170. The Morgan fingerprint density at radius 1 is 1.39 bits per heavy atom. The summed E-state index contributed by atoms with van der Waals surface area (Å²) in [4.78, 5) is 13.9. The number of amides is 1. The zero-order valence-electron chi connectivity index (χ0n) is 9.66. The molecular formula is C12H12FN3O2. The van der Waals surface area contributed by atoms with E-state index in [-0.39, 0.29) is 11.4 Å². The minimum Gasteiger partial charge on any atom is -0.496 e. The van der Waals surface area contributed by atoms with E-state index in [0.717, 1.165) is 0 Å². The summed E-state index contributed by atoms with van der Waals surface area (Å²) in [5.41, 5.74) is 12.1. The third-order valence-corrected chi connectivity index (χ3v) is 2.57. The molecule has 6 heteroatoms. The Kier molecular flexibility index (Phi) is 2.93. The second kappa shape index (κ2) is 4.40. The van der Waals surface area contributed by atoms with Gasteiger partial charge < -0.3 is 21.2 Å². The van der Waals surface area contributed by atoms with Gasteiger partial charge in [-0.25, -0.2) is 4.39 Å². The first-order chi connectivity index (χ1) is 8.52. The summed E-state index contributed by atoms with van der Waals surface area (Å²) in [5, 5.41) is 0. The molecule has 0 spiro atoms. The first-order valence-corrected chi connectivity index (χ1v) is 5.15. The molecule has 2 aromatic rings. The van der Waals surface area contributed by atoms with Crippen molar-refractivity contribution in [2.45, 2.75) is 0 Å². The molecule has 0 radical (unpaired) electrons. The van der Waals surface area contributed by atoms with E-state index >= 15 is 0 Å². The number of methoxy groups -OCH3 is 1. The van der Waals surface area contributed by atoms with Gasteiger partial charge in [-0.1, -0.05) is 0 Å². The fourth-order valence-corrected chi connectivity index (χ4v) is 1.71. The number of aromatic amines is 1. The Labute approximate surface area is 103 Å². The van der Waals surface area contributed by atoms with Crippen LogP contribution in [0.15, 0.2) is 24.3 Å².